The van der Waals surface area contributed by atoms with E-state index in [0.717, 1.165) is 15.0 Å². The number of nitrogen functional groups attached to an aromatic ring is 1. The van der Waals surface area contributed by atoms with E-state index in [0.29, 0.717) is 42.3 Å². The molecule has 2 atom stereocenters. The number of nitrogens with two attached hydrogens (primary N) is 1. The zero-order valence-electron chi connectivity index (χ0n) is 20.4. The summed E-state index contributed by atoms with van der Waals surface area (Å²) in [5, 5.41) is 24.0. The minimum Gasteiger partial charge on any atom is -0.487 e. The molecule has 0 fully saturated rings. The van der Waals surface area contributed by atoms with Crippen LogP contribution in [0.1, 0.15) is 28.8 Å². The highest BCUT2D eigenvalue weighted by molar-refractivity contribution is 7.19. The average Bonchev–Trinajstić information content (AvgIpc) is 3.26. The van der Waals surface area contributed by atoms with Crippen LogP contribution in [0.25, 0.3) is 10.1 Å². The van der Waals surface area contributed by atoms with E-state index in [1.54, 1.807) is 37.3 Å². The molecule has 6 N–H and O–H groups in total. The van der Waals surface area contributed by atoms with Crippen LogP contribution in [0.15, 0.2) is 53.5 Å². The zero-order valence-corrected chi connectivity index (χ0v) is 22.9. The van der Waals surface area contributed by atoms with Crippen LogP contribution >= 0.6 is 36.2 Å². The Hall–Kier alpha value is -3.54. The highest BCUT2D eigenvalue weighted by atomic mass is 35.5. The molecule has 0 spiro atoms. The van der Waals surface area contributed by atoms with Gasteiger partial charge in [0.2, 0.25) is 5.96 Å². The van der Waals surface area contributed by atoms with Crippen molar-refractivity contribution >= 4 is 70.1 Å². The Morgan fingerprint density at radius 2 is 1.97 bits per heavy atom. The van der Waals surface area contributed by atoms with Crippen molar-refractivity contribution in [1.82, 2.24) is 10.6 Å². The number of hydrogen-bond acceptors (Lipinski definition) is 8. The van der Waals surface area contributed by atoms with Crippen LogP contribution in [0.5, 0.6) is 5.75 Å². The molecule has 3 aromatic rings. The molecule has 2 unspecified atom stereocenters. The minimum absolute atomic E-state index is 0. The van der Waals surface area contributed by atoms with Gasteiger partial charge in [0, 0.05) is 15.1 Å². The zero-order chi connectivity index (χ0) is 25.7. The lowest BCUT2D eigenvalue weighted by Gasteiger charge is -2.24. The first kappa shape index (κ1) is 30.7. The number of halogens is 2. The molecule has 204 valence electrons. The van der Waals surface area contributed by atoms with E-state index in [-0.39, 0.29) is 43.4 Å². The van der Waals surface area contributed by atoms with Gasteiger partial charge >= 0.3 is 12.1 Å². The van der Waals surface area contributed by atoms with Gasteiger partial charge in [-0.25, -0.2) is 9.79 Å². The number of benzene rings is 2. The summed E-state index contributed by atoms with van der Waals surface area (Å²) < 4.78 is 11.8. The smallest absolute Gasteiger partial charge is 0.413 e. The van der Waals surface area contributed by atoms with Crippen LogP contribution < -0.4 is 21.1 Å². The molecule has 2 heterocycles. The van der Waals surface area contributed by atoms with Crippen molar-refractivity contribution in [2.75, 3.05) is 19.7 Å². The van der Waals surface area contributed by atoms with Crippen molar-refractivity contribution in [2.24, 2.45) is 10.7 Å². The van der Waals surface area contributed by atoms with Gasteiger partial charge in [-0.1, -0.05) is 12.1 Å². The maximum atomic E-state index is 12.1. The maximum absolute atomic E-state index is 12.1. The van der Waals surface area contributed by atoms with E-state index in [2.05, 4.69) is 15.6 Å². The van der Waals surface area contributed by atoms with Gasteiger partial charge in [-0.05, 0) is 60.7 Å². The molecule has 0 saturated heterocycles. The summed E-state index contributed by atoms with van der Waals surface area (Å²) in [7, 11) is 0. The van der Waals surface area contributed by atoms with Gasteiger partial charge in [-0.15, -0.1) is 36.2 Å². The standard InChI is InChI=1S/C25H27N5O5S.2ClH/c1-2-34-25(33)30-24-28-12-18(13-29-24)35-17-6-3-14(4-7-17)20(23(31)32)11-19-10-16-9-15(22(26)27)5-8-21(16)36-19;;/h3-10,18,20H,2,11-13H2,1H3,(H3,26,27)(H,31,32)(H2,28,29,30,33);2*1H. The lowest BCUT2D eigenvalue weighted by molar-refractivity contribution is -0.138. The number of alkyl carbamates (subject to hydrolysis) is 1. The van der Waals surface area contributed by atoms with Gasteiger partial charge < -0.3 is 25.6 Å². The van der Waals surface area contributed by atoms with Crippen molar-refractivity contribution < 1.29 is 24.2 Å². The van der Waals surface area contributed by atoms with Crippen LogP contribution in [-0.4, -0.2) is 54.8 Å². The summed E-state index contributed by atoms with van der Waals surface area (Å²) in [4.78, 5) is 28.8. The molecule has 10 nitrogen and oxygen atoms in total. The Labute approximate surface area is 235 Å². The molecule has 2 aromatic carbocycles. The molecular formula is C25H29Cl2N5O5S. The SMILES string of the molecule is CCOC(=O)NC1=NCC(Oc2ccc(C(Cc3cc4cc(C(=N)N)ccc4s3)C(=O)O)cc2)CN1.Cl.Cl. The quantitative estimate of drug-likeness (QED) is 0.199. The Morgan fingerprint density at radius 3 is 2.58 bits per heavy atom. The number of carbonyl (C=O) groups excluding carboxylic acids is 1. The number of carboxylic acids is 1. The number of nitrogens with zero attached hydrogens (tertiary/aromatic N) is 1. The van der Waals surface area contributed by atoms with Crippen LogP contribution in [0, 0.1) is 5.41 Å². The monoisotopic (exact) mass is 581 g/mol. The van der Waals surface area contributed by atoms with Crippen molar-refractivity contribution in [3.05, 3.63) is 64.5 Å². The molecule has 0 aliphatic carbocycles. The number of carbonyl (C=O) groups is 2. The highest BCUT2D eigenvalue weighted by Crippen LogP contribution is 2.31. The van der Waals surface area contributed by atoms with Crippen LogP contribution in [0.4, 0.5) is 4.79 Å². The number of aliphatic imine (C=N–C) groups is 1. The summed E-state index contributed by atoms with van der Waals surface area (Å²) in [6.07, 6.45) is -0.456. The second-order valence-electron chi connectivity index (χ2n) is 8.20. The summed E-state index contributed by atoms with van der Waals surface area (Å²) >= 11 is 1.54. The number of ether oxygens (including phenoxy) is 2. The third-order valence-electron chi connectivity index (χ3n) is 5.61. The van der Waals surface area contributed by atoms with Crippen molar-refractivity contribution in [3.63, 3.8) is 0 Å². The highest BCUT2D eigenvalue weighted by Gasteiger charge is 2.23. The van der Waals surface area contributed by atoms with Crippen molar-refractivity contribution in [3.8, 4) is 5.75 Å². The van der Waals surface area contributed by atoms with E-state index < -0.39 is 18.0 Å². The number of amidine groups is 1. The molecular weight excluding hydrogens is 553 g/mol. The van der Waals surface area contributed by atoms with Gasteiger partial charge in [0.05, 0.1) is 25.6 Å². The van der Waals surface area contributed by atoms with Crippen LogP contribution in [0.3, 0.4) is 0 Å². The maximum Gasteiger partial charge on any atom is 0.413 e. The molecule has 1 amide bonds. The van der Waals surface area contributed by atoms with E-state index in [1.165, 1.54) is 11.3 Å². The Bertz CT molecular complexity index is 1320. The van der Waals surface area contributed by atoms with Gasteiger partial charge in [0.25, 0.3) is 0 Å². The number of rotatable bonds is 8. The lowest BCUT2D eigenvalue weighted by atomic mass is 9.95. The summed E-state index contributed by atoms with van der Waals surface area (Å²) in [6.45, 7) is 2.79. The first-order valence-electron chi connectivity index (χ1n) is 11.4. The molecule has 1 aromatic heterocycles. The van der Waals surface area contributed by atoms with Crippen LogP contribution in [-0.2, 0) is 16.0 Å². The lowest BCUT2D eigenvalue weighted by Crippen LogP contribution is -2.49. The number of nitrogens with one attached hydrogen (secondary N) is 3. The summed E-state index contributed by atoms with van der Waals surface area (Å²) in [5.74, 6) is -0.674. The number of hydrogen-bond donors (Lipinski definition) is 5. The van der Waals surface area contributed by atoms with Gasteiger partial charge in [-0.3, -0.25) is 15.5 Å². The topological polar surface area (TPSA) is 159 Å². The molecule has 0 radical (unpaired) electrons. The third kappa shape index (κ3) is 7.73. The van der Waals surface area contributed by atoms with E-state index in [4.69, 9.17) is 20.6 Å². The number of aliphatic carboxylic acids is 1. The molecule has 4 rings (SSSR count). The number of carboxylic acid groups (broad SMARTS) is 1. The first-order valence-corrected chi connectivity index (χ1v) is 12.2. The largest absolute Gasteiger partial charge is 0.487 e. The predicted molar refractivity (Wildman–Crippen MR) is 153 cm³/mol. The second-order valence-corrected chi connectivity index (χ2v) is 9.37. The Kier molecular flexibility index (Phi) is 11.2. The average molecular weight is 583 g/mol. The molecule has 13 heteroatoms. The fraction of sp³-hybridized carbons (Fsp3) is 0.280. The number of fused-ring (bicyclic) bond motifs is 1. The molecule has 1 aliphatic rings. The van der Waals surface area contributed by atoms with Crippen molar-refractivity contribution in [1.29, 1.82) is 5.41 Å². The van der Waals surface area contributed by atoms with Crippen LogP contribution in [0.2, 0.25) is 0 Å². The fourth-order valence-corrected chi connectivity index (χ4v) is 4.93. The number of thiophene rings is 1. The van der Waals surface area contributed by atoms with E-state index in [1.807, 2.05) is 18.2 Å². The van der Waals surface area contributed by atoms with Crippen molar-refractivity contribution in [2.45, 2.75) is 25.4 Å². The van der Waals surface area contributed by atoms with Gasteiger partial charge in [0.15, 0.2) is 0 Å². The summed E-state index contributed by atoms with van der Waals surface area (Å²) in [5.41, 5.74) is 6.90. The Morgan fingerprint density at radius 1 is 1.24 bits per heavy atom. The van der Waals surface area contributed by atoms with Gasteiger partial charge in [0.1, 0.15) is 17.7 Å². The number of guanidine groups is 1. The van der Waals surface area contributed by atoms with E-state index in [9.17, 15) is 14.7 Å². The fourth-order valence-electron chi connectivity index (χ4n) is 3.84. The molecule has 1 aliphatic heterocycles. The number of amides is 1. The predicted octanol–water partition coefficient (Wildman–Crippen LogP) is 3.89. The molecule has 0 saturated carbocycles. The molecule has 0 bridgehead atoms. The first-order chi connectivity index (χ1) is 17.3. The summed E-state index contributed by atoms with van der Waals surface area (Å²) in [6, 6.07) is 14.6. The van der Waals surface area contributed by atoms with Gasteiger partial charge in [-0.2, -0.15) is 0 Å². The molecule has 38 heavy (non-hydrogen) atoms. The second kappa shape index (κ2) is 13.8. The minimum atomic E-state index is -0.905. The van der Waals surface area contributed by atoms with E-state index >= 15 is 0 Å². The Balaban J connectivity index is 0.00000253. The normalized spacial score (nSPS) is 15.1. The third-order valence-corrected chi connectivity index (χ3v) is 6.75.